The molecule has 0 saturated heterocycles. The summed E-state index contributed by atoms with van der Waals surface area (Å²) in [6.45, 7) is 0. The number of rotatable bonds is 3. The Labute approximate surface area is 122 Å². The van der Waals surface area contributed by atoms with Gasteiger partial charge in [-0.1, -0.05) is 42.5 Å². The highest BCUT2D eigenvalue weighted by molar-refractivity contribution is 7.89. The van der Waals surface area contributed by atoms with Gasteiger partial charge in [0.25, 0.3) is 0 Å². The average Bonchev–Trinajstić information content (AvgIpc) is 3.00. The molecular formula is C15H13N3O2S. The summed E-state index contributed by atoms with van der Waals surface area (Å²) in [6, 6.07) is 16.1. The van der Waals surface area contributed by atoms with Crippen LogP contribution in [0.4, 0.5) is 0 Å². The van der Waals surface area contributed by atoms with Gasteiger partial charge in [0.2, 0.25) is 10.0 Å². The van der Waals surface area contributed by atoms with Gasteiger partial charge >= 0.3 is 0 Å². The molecule has 3 aromatic rings. The van der Waals surface area contributed by atoms with Gasteiger partial charge < -0.3 is 0 Å². The summed E-state index contributed by atoms with van der Waals surface area (Å²) in [7, 11) is -3.83. The van der Waals surface area contributed by atoms with Crippen molar-refractivity contribution in [2.75, 3.05) is 0 Å². The van der Waals surface area contributed by atoms with Crippen molar-refractivity contribution < 1.29 is 8.42 Å². The Bertz CT molecular complexity index is 857. The first-order valence-corrected chi connectivity index (χ1v) is 7.83. The van der Waals surface area contributed by atoms with E-state index in [0.29, 0.717) is 16.8 Å². The molecule has 1 heterocycles. The van der Waals surface area contributed by atoms with E-state index in [1.807, 2.05) is 36.4 Å². The molecule has 21 heavy (non-hydrogen) atoms. The zero-order valence-corrected chi connectivity index (χ0v) is 11.8. The third-order valence-corrected chi connectivity index (χ3v) is 4.13. The van der Waals surface area contributed by atoms with E-state index in [-0.39, 0.29) is 4.90 Å². The Morgan fingerprint density at radius 1 is 0.952 bits per heavy atom. The zero-order chi connectivity index (χ0) is 14.9. The Morgan fingerprint density at radius 3 is 2.33 bits per heavy atom. The van der Waals surface area contributed by atoms with E-state index in [4.69, 9.17) is 5.14 Å². The molecule has 0 saturated carbocycles. The van der Waals surface area contributed by atoms with Crippen LogP contribution < -0.4 is 5.14 Å². The summed E-state index contributed by atoms with van der Waals surface area (Å²) in [4.78, 5) is 0.0919. The van der Waals surface area contributed by atoms with E-state index < -0.39 is 10.0 Å². The molecular weight excluding hydrogens is 286 g/mol. The Balaban J connectivity index is 2.38. The van der Waals surface area contributed by atoms with Crippen LogP contribution in [-0.2, 0) is 10.0 Å². The molecule has 3 N–H and O–H groups in total. The third kappa shape index (κ3) is 2.58. The molecule has 0 aliphatic heterocycles. The normalized spacial score (nSPS) is 11.5. The van der Waals surface area contributed by atoms with Gasteiger partial charge in [0.1, 0.15) is 0 Å². The summed E-state index contributed by atoms with van der Waals surface area (Å²) in [6.07, 6.45) is 1.69. The molecule has 0 atom stereocenters. The fraction of sp³-hybridized carbons (Fsp3) is 0. The highest BCUT2D eigenvalue weighted by Crippen LogP contribution is 2.35. The van der Waals surface area contributed by atoms with Crippen LogP contribution in [0, 0.1) is 0 Å². The minimum atomic E-state index is -3.83. The number of aromatic nitrogens is 2. The number of aromatic amines is 1. The molecule has 1 aromatic heterocycles. The molecule has 0 aliphatic rings. The minimum absolute atomic E-state index is 0.0919. The predicted octanol–water partition coefficient (Wildman–Crippen LogP) is 2.39. The first-order chi connectivity index (χ1) is 10.1. The first kappa shape index (κ1) is 13.5. The van der Waals surface area contributed by atoms with Crippen molar-refractivity contribution in [3.8, 4) is 22.4 Å². The van der Waals surface area contributed by atoms with Crippen LogP contribution in [0.3, 0.4) is 0 Å². The van der Waals surface area contributed by atoms with Crippen molar-refractivity contribution in [1.82, 2.24) is 10.2 Å². The number of hydrogen-bond acceptors (Lipinski definition) is 3. The Kier molecular flexibility index (Phi) is 3.32. The van der Waals surface area contributed by atoms with Crippen molar-refractivity contribution >= 4 is 10.0 Å². The van der Waals surface area contributed by atoms with Gasteiger partial charge in [-0.15, -0.1) is 0 Å². The molecule has 6 heteroatoms. The van der Waals surface area contributed by atoms with E-state index in [0.717, 1.165) is 5.56 Å². The van der Waals surface area contributed by atoms with Crippen molar-refractivity contribution in [3.05, 3.63) is 60.8 Å². The highest BCUT2D eigenvalue weighted by atomic mass is 32.2. The lowest BCUT2D eigenvalue weighted by Gasteiger charge is -2.12. The highest BCUT2D eigenvalue weighted by Gasteiger charge is 2.19. The second kappa shape index (κ2) is 5.16. The monoisotopic (exact) mass is 299 g/mol. The number of sulfonamides is 1. The largest absolute Gasteiger partial charge is 0.285 e. The van der Waals surface area contributed by atoms with Crippen molar-refractivity contribution in [2.24, 2.45) is 5.14 Å². The number of H-pyrrole nitrogens is 1. The first-order valence-electron chi connectivity index (χ1n) is 6.29. The van der Waals surface area contributed by atoms with E-state index >= 15 is 0 Å². The fourth-order valence-corrected chi connectivity index (χ4v) is 3.08. The van der Waals surface area contributed by atoms with E-state index in [9.17, 15) is 8.42 Å². The number of benzene rings is 2. The second-order valence-electron chi connectivity index (χ2n) is 4.55. The van der Waals surface area contributed by atoms with Crippen LogP contribution in [0.1, 0.15) is 0 Å². The SMILES string of the molecule is NS(=O)(=O)c1cccc(-c2cc[nH]n2)c1-c1ccccc1. The topological polar surface area (TPSA) is 88.8 Å². The van der Waals surface area contributed by atoms with Crippen molar-refractivity contribution in [2.45, 2.75) is 4.90 Å². The zero-order valence-electron chi connectivity index (χ0n) is 11.0. The maximum absolute atomic E-state index is 11.9. The van der Waals surface area contributed by atoms with Crippen molar-refractivity contribution in [1.29, 1.82) is 0 Å². The number of primary sulfonamides is 1. The summed E-state index contributed by atoms with van der Waals surface area (Å²) in [5.41, 5.74) is 2.72. The van der Waals surface area contributed by atoms with Crippen LogP contribution in [0.2, 0.25) is 0 Å². The molecule has 0 unspecified atom stereocenters. The smallest absolute Gasteiger partial charge is 0.238 e. The molecule has 106 valence electrons. The molecule has 0 amide bonds. The molecule has 0 spiro atoms. The molecule has 0 fully saturated rings. The molecule has 0 radical (unpaired) electrons. The minimum Gasteiger partial charge on any atom is -0.285 e. The summed E-state index contributed by atoms with van der Waals surface area (Å²) < 4.78 is 23.8. The van der Waals surface area contributed by atoms with Crippen LogP contribution >= 0.6 is 0 Å². The molecule has 5 nitrogen and oxygen atoms in total. The molecule has 0 bridgehead atoms. The average molecular weight is 299 g/mol. The van der Waals surface area contributed by atoms with Crippen molar-refractivity contribution in [3.63, 3.8) is 0 Å². The van der Waals surface area contributed by atoms with Crippen LogP contribution in [-0.4, -0.2) is 18.6 Å². The van der Waals surface area contributed by atoms with E-state index in [1.165, 1.54) is 6.07 Å². The fourth-order valence-electron chi connectivity index (χ4n) is 2.29. The summed E-state index contributed by atoms with van der Waals surface area (Å²) >= 11 is 0. The number of nitrogens with two attached hydrogens (primary N) is 1. The summed E-state index contributed by atoms with van der Waals surface area (Å²) in [5, 5.41) is 12.2. The number of hydrogen-bond donors (Lipinski definition) is 2. The standard InChI is InChI=1S/C15H13N3O2S/c16-21(19,20)14-8-4-7-12(13-9-10-17-18-13)15(14)11-5-2-1-3-6-11/h1-10H,(H,17,18)(H2,16,19,20). The maximum atomic E-state index is 11.9. The summed E-state index contributed by atoms with van der Waals surface area (Å²) in [5.74, 6) is 0. The van der Waals surface area contributed by atoms with Gasteiger partial charge in [-0.25, -0.2) is 13.6 Å². The van der Waals surface area contributed by atoms with Gasteiger partial charge in [0.05, 0.1) is 10.6 Å². The van der Waals surface area contributed by atoms with Gasteiger partial charge in [-0.2, -0.15) is 5.10 Å². The van der Waals surface area contributed by atoms with Crippen LogP contribution in [0.25, 0.3) is 22.4 Å². The Hall–Kier alpha value is -2.44. The molecule has 0 aliphatic carbocycles. The predicted molar refractivity (Wildman–Crippen MR) is 80.8 cm³/mol. The lowest BCUT2D eigenvalue weighted by atomic mass is 9.98. The van der Waals surface area contributed by atoms with Gasteiger partial charge in [0.15, 0.2) is 0 Å². The lowest BCUT2D eigenvalue weighted by Crippen LogP contribution is -2.13. The maximum Gasteiger partial charge on any atom is 0.238 e. The van der Waals surface area contributed by atoms with E-state index in [2.05, 4.69) is 10.2 Å². The van der Waals surface area contributed by atoms with Gasteiger partial charge in [0, 0.05) is 17.3 Å². The number of nitrogens with zero attached hydrogens (tertiary/aromatic N) is 1. The van der Waals surface area contributed by atoms with Crippen LogP contribution in [0.15, 0.2) is 65.7 Å². The van der Waals surface area contributed by atoms with Crippen LogP contribution in [0.5, 0.6) is 0 Å². The van der Waals surface area contributed by atoms with Gasteiger partial charge in [-0.05, 0) is 17.7 Å². The number of nitrogens with one attached hydrogen (secondary N) is 1. The lowest BCUT2D eigenvalue weighted by molar-refractivity contribution is 0.598. The third-order valence-electron chi connectivity index (χ3n) is 3.17. The van der Waals surface area contributed by atoms with Gasteiger partial charge in [-0.3, -0.25) is 5.10 Å². The molecule has 2 aromatic carbocycles. The van der Waals surface area contributed by atoms with E-state index in [1.54, 1.807) is 18.3 Å². The molecule has 3 rings (SSSR count). The Morgan fingerprint density at radius 2 is 1.71 bits per heavy atom. The second-order valence-corrected chi connectivity index (χ2v) is 6.08. The quantitative estimate of drug-likeness (QED) is 0.778.